The summed E-state index contributed by atoms with van der Waals surface area (Å²) in [5.74, 6) is -0.360. The largest absolute Gasteiger partial charge is 0.496 e. The number of rotatable bonds is 7. The van der Waals surface area contributed by atoms with Gasteiger partial charge in [-0.15, -0.1) is 0 Å². The van der Waals surface area contributed by atoms with Gasteiger partial charge in [-0.1, -0.05) is 24.3 Å². The van der Waals surface area contributed by atoms with Crippen LogP contribution in [0.25, 0.3) is 0 Å². The Morgan fingerprint density at radius 3 is 2.60 bits per heavy atom. The van der Waals surface area contributed by atoms with Gasteiger partial charge in [0.25, 0.3) is 11.6 Å². The summed E-state index contributed by atoms with van der Waals surface area (Å²) >= 11 is 0. The smallest absolute Gasteiger partial charge is 0.293 e. The molecule has 3 aromatic carbocycles. The number of benzene rings is 3. The van der Waals surface area contributed by atoms with Crippen molar-refractivity contribution in [2.45, 2.75) is 13.5 Å². The lowest BCUT2D eigenvalue weighted by Crippen LogP contribution is -2.13. The number of nitrogens with one attached hydrogen (secondary N) is 2. The maximum Gasteiger partial charge on any atom is 0.293 e. The number of methoxy groups -OCH3 is 1. The Balaban J connectivity index is 1.79. The van der Waals surface area contributed by atoms with Crippen LogP contribution in [-0.4, -0.2) is 17.9 Å². The molecule has 0 spiro atoms. The van der Waals surface area contributed by atoms with Gasteiger partial charge in [0.1, 0.15) is 17.3 Å². The molecule has 8 heteroatoms. The van der Waals surface area contributed by atoms with E-state index in [0.29, 0.717) is 17.9 Å². The Kier molecular flexibility index (Phi) is 6.26. The second-order valence-corrected chi connectivity index (χ2v) is 6.57. The summed E-state index contributed by atoms with van der Waals surface area (Å²) in [5, 5.41) is 17.1. The summed E-state index contributed by atoms with van der Waals surface area (Å²) in [6.07, 6.45) is 0. The highest BCUT2D eigenvalue weighted by Gasteiger charge is 2.18. The van der Waals surface area contributed by atoms with Crippen molar-refractivity contribution in [1.29, 1.82) is 0 Å². The van der Waals surface area contributed by atoms with Crippen LogP contribution in [0.4, 0.5) is 21.5 Å². The molecule has 0 radical (unpaired) electrons. The maximum atomic E-state index is 13.7. The minimum atomic E-state index is -0.572. The van der Waals surface area contributed by atoms with Crippen molar-refractivity contribution in [3.05, 3.63) is 93.3 Å². The van der Waals surface area contributed by atoms with Gasteiger partial charge < -0.3 is 15.4 Å². The number of amides is 1. The predicted octanol–water partition coefficient (Wildman–Crippen LogP) is 4.92. The van der Waals surface area contributed by atoms with Crippen molar-refractivity contribution in [3.8, 4) is 5.75 Å². The van der Waals surface area contributed by atoms with E-state index in [2.05, 4.69) is 10.6 Å². The summed E-state index contributed by atoms with van der Waals surface area (Å²) < 4.78 is 19.0. The molecule has 2 N–H and O–H groups in total. The Labute approximate surface area is 172 Å². The van der Waals surface area contributed by atoms with E-state index in [1.807, 2.05) is 18.2 Å². The molecule has 3 aromatic rings. The van der Waals surface area contributed by atoms with Crippen LogP contribution in [0.1, 0.15) is 21.5 Å². The fraction of sp³-hybridized carbons (Fsp3) is 0.136. The zero-order valence-corrected chi connectivity index (χ0v) is 16.4. The molecule has 0 fully saturated rings. The normalized spacial score (nSPS) is 10.4. The van der Waals surface area contributed by atoms with Gasteiger partial charge in [0, 0.05) is 29.4 Å². The minimum Gasteiger partial charge on any atom is -0.496 e. The molecule has 1 amide bonds. The maximum absolute atomic E-state index is 13.7. The molecule has 0 aromatic heterocycles. The summed E-state index contributed by atoms with van der Waals surface area (Å²) in [6, 6.07) is 15.7. The quantitative estimate of drug-likeness (QED) is 0.427. The number of aryl methyl sites for hydroxylation is 1. The number of nitrogens with zero attached hydrogens (tertiary/aromatic N) is 1. The molecule has 30 heavy (non-hydrogen) atoms. The third-order valence-corrected chi connectivity index (χ3v) is 4.55. The topological polar surface area (TPSA) is 93.5 Å². The Morgan fingerprint density at radius 1 is 1.13 bits per heavy atom. The number of para-hydroxylation sites is 1. The Morgan fingerprint density at radius 2 is 1.90 bits per heavy atom. The van der Waals surface area contributed by atoms with Crippen molar-refractivity contribution >= 4 is 23.0 Å². The molecule has 0 bridgehead atoms. The van der Waals surface area contributed by atoms with Gasteiger partial charge in [-0.25, -0.2) is 4.39 Å². The highest BCUT2D eigenvalue weighted by Crippen LogP contribution is 2.28. The molecule has 0 atom stereocenters. The monoisotopic (exact) mass is 409 g/mol. The highest BCUT2D eigenvalue weighted by molar-refractivity contribution is 6.05. The third-order valence-electron chi connectivity index (χ3n) is 4.55. The first-order valence-electron chi connectivity index (χ1n) is 9.10. The number of hydrogen-bond acceptors (Lipinski definition) is 5. The number of nitro groups is 1. The van der Waals surface area contributed by atoms with E-state index in [0.717, 1.165) is 5.56 Å². The van der Waals surface area contributed by atoms with Crippen LogP contribution in [0.15, 0.2) is 60.7 Å². The van der Waals surface area contributed by atoms with Crippen LogP contribution in [0.5, 0.6) is 5.75 Å². The number of carbonyl (C=O) groups excluding carboxylic acids is 1. The molecular formula is C22H20FN3O4. The molecule has 0 aliphatic heterocycles. The van der Waals surface area contributed by atoms with E-state index in [4.69, 9.17) is 4.74 Å². The molecule has 0 unspecified atom stereocenters. The van der Waals surface area contributed by atoms with Crippen LogP contribution in [-0.2, 0) is 6.54 Å². The molecular weight excluding hydrogens is 389 g/mol. The number of carbonyl (C=O) groups is 1. The number of hydrogen-bond donors (Lipinski definition) is 2. The molecule has 0 heterocycles. The first-order chi connectivity index (χ1) is 14.4. The van der Waals surface area contributed by atoms with Gasteiger partial charge in [-0.05, 0) is 42.8 Å². The van der Waals surface area contributed by atoms with Crippen LogP contribution in [0, 0.1) is 22.9 Å². The number of nitro benzene ring substituents is 1. The van der Waals surface area contributed by atoms with Crippen molar-refractivity contribution in [2.24, 2.45) is 0 Å². The molecule has 0 saturated heterocycles. The predicted molar refractivity (Wildman–Crippen MR) is 113 cm³/mol. The third kappa shape index (κ3) is 4.72. The van der Waals surface area contributed by atoms with E-state index in [1.54, 1.807) is 26.2 Å². The number of ether oxygens (including phenoxy) is 1. The lowest BCUT2D eigenvalue weighted by molar-refractivity contribution is -0.384. The summed E-state index contributed by atoms with van der Waals surface area (Å²) in [6.45, 7) is 1.92. The molecule has 3 rings (SSSR count). The van der Waals surface area contributed by atoms with Crippen molar-refractivity contribution in [3.63, 3.8) is 0 Å². The number of halogens is 1. The first kappa shape index (κ1) is 20.8. The van der Waals surface area contributed by atoms with Crippen LogP contribution in [0.3, 0.4) is 0 Å². The van der Waals surface area contributed by atoms with Crippen molar-refractivity contribution < 1.29 is 18.8 Å². The Bertz CT molecular complexity index is 1100. The second-order valence-electron chi connectivity index (χ2n) is 6.57. The van der Waals surface area contributed by atoms with Gasteiger partial charge in [-0.3, -0.25) is 14.9 Å². The lowest BCUT2D eigenvalue weighted by atomic mass is 10.1. The average Bonchev–Trinajstić information content (AvgIpc) is 2.74. The van der Waals surface area contributed by atoms with Gasteiger partial charge in [0.05, 0.1) is 12.0 Å². The van der Waals surface area contributed by atoms with E-state index in [-0.39, 0.29) is 22.6 Å². The van der Waals surface area contributed by atoms with Crippen LogP contribution in [0.2, 0.25) is 0 Å². The van der Waals surface area contributed by atoms with Gasteiger partial charge >= 0.3 is 0 Å². The standard InChI is InChI=1S/C22H20FN3O4/c1-14-7-9-17(12-18(14)23)25-22(27)15-8-10-19(20(11-15)26(28)29)24-13-16-5-3-4-6-21(16)30-2/h3-12,24H,13H2,1-2H3,(H,25,27). The molecule has 0 aliphatic rings. The van der Waals surface area contributed by atoms with Crippen molar-refractivity contribution in [2.75, 3.05) is 17.7 Å². The zero-order chi connectivity index (χ0) is 21.7. The van der Waals surface area contributed by atoms with E-state index in [1.165, 1.54) is 30.3 Å². The molecule has 7 nitrogen and oxygen atoms in total. The lowest BCUT2D eigenvalue weighted by Gasteiger charge is -2.12. The second kappa shape index (κ2) is 9.04. The summed E-state index contributed by atoms with van der Waals surface area (Å²) in [4.78, 5) is 23.4. The van der Waals surface area contributed by atoms with Gasteiger partial charge in [-0.2, -0.15) is 0 Å². The van der Waals surface area contributed by atoms with Crippen molar-refractivity contribution in [1.82, 2.24) is 0 Å². The summed E-state index contributed by atoms with van der Waals surface area (Å²) in [7, 11) is 1.55. The first-order valence-corrected chi connectivity index (χ1v) is 9.10. The molecule has 154 valence electrons. The fourth-order valence-corrected chi connectivity index (χ4v) is 2.89. The van der Waals surface area contributed by atoms with Crippen LogP contribution < -0.4 is 15.4 Å². The van der Waals surface area contributed by atoms with Gasteiger partial charge in [0.15, 0.2) is 0 Å². The summed E-state index contributed by atoms with van der Waals surface area (Å²) in [5.41, 5.74) is 1.66. The average molecular weight is 409 g/mol. The molecule has 0 aliphatic carbocycles. The Hall–Kier alpha value is -3.94. The minimum absolute atomic E-state index is 0.0884. The number of anilines is 2. The van der Waals surface area contributed by atoms with Gasteiger partial charge in [0.2, 0.25) is 0 Å². The highest BCUT2D eigenvalue weighted by atomic mass is 19.1. The van der Waals surface area contributed by atoms with E-state index in [9.17, 15) is 19.3 Å². The SMILES string of the molecule is COc1ccccc1CNc1ccc(C(=O)Nc2ccc(C)c(F)c2)cc1[N+](=O)[O-]. The molecule has 0 saturated carbocycles. The zero-order valence-electron chi connectivity index (χ0n) is 16.4. The van der Waals surface area contributed by atoms with E-state index >= 15 is 0 Å². The fourth-order valence-electron chi connectivity index (χ4n) is 2.89. The van der Waals surface area contributed by atoms with Crippen LogP contribution >= 0.6 is 0 Å². The van der Waals surface area contributed by atoms with E-state index < -0.39 is 16.6 Å².